The number of nitrogens with zero attached hydrogens (tertiary/aromatic N) is 1. The van der Waals surface area contributed by atoms with Crippen molar-refractivity contribution in [2.24, 2.45) is 0 Å². The number of aryl methyl sites for hydroxylation is 1. The molecule has 0 saturated carbocycles. The maximum absolute atomic E-state index is 13.5. The average molecular weight is 459 g/mol. The number of nitrogens with one attached hydrogen (secondary N) is 1. The summed E-state index contributed by atoms with van der Waals surface area (Å²) >= 11 is 1.53. The normalized spacial score (nSPS) is 11.7. The minimum atomic E-state index is -0.785. The van der Waals surface area contributed by atoms with Crippen LogP contribution in [0.15, 0.2) is 94.9 Å². The van der Waals surface area contributed by atoms with Gasteiger partial charge in [-0.05, 0) is 41.6 Å². The molecular weight excluding hydrogens is 432 g/mol. The van der Waals surface area contributed by atoms with E-state index in [1.807, 2.05) is 85.1 Å². The summed E-state index contributed by atoms with van der Waals surface area (Å²) in [5.74, 6) is 0.269. The van der Waals surface area contributed by atoms with Crippen LogP contribution in [0.25, 0.3) is 0 Å². The lowest BCUT2D eigenvalue weighted by molar-refractivity contribution is -0.141. The zero-order valence-corrected chi connectivity index (χ0v) is 19.3. The van der Waals surface area contributed by atoms with Crippen LogP contribution < -0.4 is 5.32 Å². The number of benzene rings is 2. The van der Waals surface area contributed by atoms with E-state index >= 15 is 0 Å². The first-order chi connectivity index (χ1) is 16.1. The van der Waals surface area contributed by atoms with Crippen LogP contribution in [0.4, 0.5) is 0 Å². The van der Waals surface area contributed by atoms with Crippen molar-refractivity contribution in [3.05, 3.63) is 118 Å². The second-order valence-corrected chi connectivity index (χ2v) is 8.91. The zero-order chi connectivity index (χ0) is 23.0. The Labute approximate surface area is 197 Å². The Balaban J connectivity index is 1.65. The Bertz CT molecular complexity index is 1150. The van der Waals surface area contributed by atoms with Crippen molar-refractivity contribution in [2.45, 2.75) is 32.5 Å². The Kier molecular flexibility index (Phi) is 7.37. The molecule has 4 aromatic rings. The van der Waals surface area contributed by atoms with Gasteiger partial charge in [-0.1, -0.05) is 66.2 Å². The highest BCUT2D eigenvalue weighted by molar-refractivity contribution is 7.10. The molecule has 2 aromatic carbocycles. The monoisotopic (exact) mass is 458 g/mol. The van der Waals surface area contributed by atoms with Crippen LogP contribution in [0.2, 0.25) is 0 Å². The number of hydrogen-bond acceptors (Lipinski definition) is 4. The maximum atomic E-state index is 13.5. The molecule has 4 rings (SSSR count). The van der Waals surface area contributed by atoms with Crippen molar-refractivity contribution < 1.29 is 14.0 Å². The fourth-order valence-electron chi connectivity index (χ4n) is 3.66. The first-order valence-electron chi connectivity index (χ1n) is 10.8. The summed E-state index contributed by atoms with van der Waals surface area (Å²) in [6.07, 6.45) is 1.81. The molecule has 5 nitrogen and oxygen atoms in total. The summed E-state index contributed by atoms with van der Waals surface area (Å²) in [6, 6.07) is 24.2. The highest BCUT2D eigenvalue weighted by Crippen LogP contribution is 2.26. The van der Waals surface area contributed by atoms with Crippen molar-refractivity contribution in [3.8, 4) is 0 Å². The Morgan fingerprint density at radius 2 is 1.76 bits per heavy atom. The van der Waals surface area contributed by atoms with E-state index in [9.17, 15) is 9.59 Å². The first kappa shape index (κ1) is 22.6. The Morgan fingerprint density at radius 1 is 0.970 bits per heavy atom. The topological polar surface area (TPSA) is 62.6 Å². The summed E-state index contributed by atoms with van der Waals surface area (Å²) in [5.41, 5.74) is 2.85. The fourth-order valence-corrected chi connectivity index (χ4v) is 4.36. The molecule has 0 spiro atoms. The summed E-state index contributed by atoms with van der Waals surface area (Å²) < 4.78 is 5.54. The first-order valence-corrected chi connectivity index (χ1v) is 11.7. The number of carbonyl (C=O) groups is 2. The molecule has 0 aliphatic heterocycles. The summed E-state index contributed by atoms with van der Waals surface area (Å²) in [6.45, 7) is 2.58. The second-order valence-electron chi connectivity index (χ2n) is 7.87. The van der Waals surface area contributed by atoms with Crippen molar-refractivity contribution >= 4 is 23.2 Å². The Hall–Kier alpha value is -3.64. The molecule has 0 saturated heterocycles. The third-order valence-electron chi connectivity index (χ3n) is 5.39. The molecule has 33 heavy (non-hydrogen) atoms. The van der Waals surface area contributed by atoms with Gasteiger partial charge in [0.25, 0.3) is 0 Å². The highest BCUT2D eigenvalue weighted by atomic mass is 32.1. The van der Waals surface area contributed by atoms with Gasteiger partial charge in [-0.3, -0.25) is 9.59 Å². The van der Waals surface area contributed by atoms with Crippen molar-refractivity contribution in [3.63, 3.8) is 0 Å². The van der Waals surface area contributed by atoms with E-state index in [1.165, 1.54) is 11.3 Å². The van der Waals surface area contributed by atoms with Crippen molar-refractivity contribution in [1.82, 2.24) is 10.2 Å². The maximum Gasteiger partial charge on any atom is 0.247 e. The zero-order valence-electron chi connectivity index (χ0n) is 18.4. The van der Waals surface area contributed by atoms with E-state index in [0.29, 0.717) is 12.3 Å². The van der Waals surface area contributed by atoms with Crippen LogP contribution in [-0.2, 0) is 29.1 Å². The smallest absolute Gasteiger partial charge is 0.247 e. The molecule has 168 valence electrons. The quantitative estimate of drug-likeness (QED) is 0.371. The van der Waals surface area contributed by atoms with E-state index in [-0.39, 0.29) is 24.8 Å². The van der Waals surface area contributed by atoms with Gasteiger partial charge < -0.3 is 14.6 Å². The predicted octanol–water partition coefficient (Wildman–Crippen LogP) is 5.28. The lowest BCUT2D eigenvalue weighted by Gasteiger charge is -2.31. The molecule has 1 N–H and O–H groups in total. The minimum Gasteiger partial charge on any atom is -0.467 e. The molecule has 0 aliphatic carbocycles. The molecule has 2 aromatic heterocycles. The number of furan rings is 1. The largest absolute Gasteiger partial charge is 0.467 e. The second kappa shape index (κ2) is 10.8. The molecule has 2 heterocycles. The molecule has 1 unspecified atom stereocenters. The molecule has 6 heteroatoms. The van der Waals surface area contributed by atoms with Crippen LogP contribution in [0, 0.1) is 6.92 Å². The van der Waals surface area contributed by atoms with Crippen LogP contribution in [0.5, 0.6) is 0 Å². The number of carbonyl (C=O) groups excluding carboxylic acids is 2. The summed E-state index contributed by atoms with van der Waals surface area (Å²) in [4.78, 5) is 29.6. The van der Waals surface area contributed by atoms with Gasteiger partial charge >= 0.3 is 0 Å². The summed E-state index contributed by atoms with van der Waals surface area (Å²) in [7, 11) is 0. The molecule has 1 atom stereocenters. The number of hydrogen-bond donors (Lipinski definition) is 1. The van der Waals surface area contributed by atoms with Gasteiger partial charge in [0, 0.05) is 11.4 Å². The third-order valence-corrected chi connectivity index (χ3v) is 6.27. The van der Waals surface area contributed by atoms with Gasteiger partial charge in [-0.2, -0.15) is 0 Å². The number of thiophene rings is 1. The minimum absolute atomic E-state index is 0.130. The standard InChI is InChI=1S/C27H26N2O3S/c1-20-11-13-22(14-12-20)26(27(31)28-18-21-7-3-2-4-8-21)29(19-23-9-5-15-32-23)25(30)17-24-10-6-16-33-24/h2-16,26H,17-19H2,1H3,(H,28,31). The third kappa shape index (κ3) is 5.99. The van der Waals surface area contributed by atoms with E-state index in [0.717, 1.165) is 21.6 Å². The predicted molar refractivity (Wildman–Crippen MR) is 129 cm³/mol. The van der Waals surface area contributed by atoms with Gasteiger partial charge in [0.05, 0.1) is 19.2 Å². The van der Waals surface area contributed by atoms with E-state index in [4.69, 9.17) is 4.42 Å². The molecule has 0 aliphatic rings. The van der Waals surface area contributed by atoms with Crippen molar-refractivity contribution in [2.75, 3.05) is 0 Å². The number of amides is 2. The number of rotatable bonds is 9. The van der Waals surface area contributed by atoms with Crippen molar-refractivity contribution in [1.29, 1.82) is 0 Å². The lowest BCUT2D eigenvalue weighted by atomic mass is 10.0. The van der Waals surface area contributed by atoms with E-state index < -0.39 is 6.04 Å². The van der Waals surface area contributed by atoms with Crippen LogP contribution in [0.1, 0.15) is 33.4 Å². The highest BCUT2D eigenvalue weighted by Gasteiger charge is 2.32. The van der Waals surface area contributed by atoms with E-state index in [2.05, 4.69) is 5.32 Å². The molecule has 0 fully saturated rings. The lowest BCUT2D eigenvalue weighted by Crippen LogP contribution is -2.43. The van der Waals surface area contributed by atoms with Gasteiger partial charge in [0.1, 0.15) is 11.8 Å². The molecular formula is C27H26N2O3S. The molecule has 0 bridgehead atoms. The SMILES string of the molecule is Cc1ccc(C(C(=O)NCc2ccccc2)N(Cc2ccco2)C(=O)Cc2cccs2)cc1. The van der Waals surface area contributed by atoms with Crippen LogP contribution >= 0.6 is 11.3 Å². The van der Waals surface area contributed by atoms with Gasteiger partial charge in [0.2, 0.25) is 11.8 Å². The van der Waals surface area contributed by atoms with E-state index in [1.54, 1.807) is 17.2 Å². The van der Waals surface area contributed by atoms with Gasteiger partial charge in [0.15, 0.2) is 0 Å². The summed E-state index contributed by atoms with van der Waals surface area (Å²) in [5, 5.41) is 4.97. The van der Waals surface area contributed by atoms with Gasteiger partial charge in [-0.15, -0.1) is 11.3 Å². The molecule has 0 radical (unpaired) electrons. The van der Waals surface area contributed by atoms with Crippen LogP contribution in [0.3, 0.4) is 0 Å². The van der Waals surface area contributed by atoms with Crippen LogP contribution in [-0.4, -0.2) is 16.7 Å². The fraction of sp³-hybridized carbons (Fsp3) is 0.185. The average Bonchev–Trinajstić information content (AvgIpc) is 3.53. The Morgan fingerprint density at radius 3 is 2.42 bits per heavy atom. The van der Waals surface area contributed by atoms with Gasteiger partial charge in [-0.25, -0.2) is 0 Å². The molecule has 2 amide bonds.